The lowest BCUT2D eigenvalue weighted by atomic mass is 9.82. The molecule has 0 aliphatic carbocycles. The number of nitrogens with one attached hydrogen (secondary N) is 1. The molecule has 0 unspecified atom stereocenters. The molecular formula is C19H26N2O5S. The standard InChI is InChI=1S/C19H26N2O5S/c1-19(2,16-7-4-3-5-8-16)10-14-27(24,25)13-6-12-26-15-21-11-9-17(22)20-18(21)23/h3-5,7-9,11H,6,10,12-15H2,1-2H3,(H,20,22,23). The van der Waals surface area contributed by atoms with Gasteiger partial charge in [0.05, 0.1) is 11.5 Å². The summed E-state index contributed by atoms with van der Waals surface area (Å²) in [5.41, 5.74) is -0.120. The molecule has 8 heteroatoms. The van der Waals surface area contributed by atoms with E-state index >= 15 is 0 Å². The van der Waals surface area contributed by atoms with Crippen molar-refractivity contribution in [1.29, 1.82) is 0 Å². The minimum atomic E-state index is -3.18. The SMILES string of the molecule is CC(C)(CCS(=O)(=O)CCCOCn1ccc(=O)[nH]c1=O)c1ccccc1. The maximum atomic E-state index is 12.3. The van der Waals surface area contributed by atoms with E-state index in [1.54, 1.807) is 0 Å². The van der Waals surface area contributed by atoms with Crippen LogP contribution >= 0.6 is 0 Å². The van der Waals surface area contributed by atoms with Gasteiger partial charge in [0.1, 0.15) is 16.6 Å². The monoisotopic (exact) mass is 394 g/mol. The van der Waals surface area contributed by atoms with Crippen molar-refractivity contribution < 1.29 is 13.2 Å². The second-order valence-electron chi connectivity index (χ2n) is 7.12. The molecule has 0 atom stereocenters. The number of hydrogen-bond donors (Lipinski definition) is 1. The van der Waals surface area contributed by atoms with Crippen molar-refractivity contribution in [3.05, 3.63) is 69.0 Å². The first kappa shape index (κ1) is 21.1. The van der Waals surface area contributed by atoms with Gasteiger partial charge in [-0.05, 0) is 23.8 Å². The van der Waals surface area contributed by atoms with Crippen LogP contribution in [0.15, 0.2) is 52.2 Å². The first-order valence-corrected chi connectivity index (χ1v) is 10.7. The third-order valence-corrected chi connectivity index (χ3v) is 6.20. The minimum Gasteiger partial charge on any atom is -0.361 e. The van der Waals surface area contributed by atoms with E-state index in [2.05, 4.69) is 4.98 Å². The molecule has 27 heavy (non-hydrogen) atoms. The summed E-state index contributed by atoms with van der Waals surface area (Å²) >= 11 is 0. The van der Waals surface area contributed by atoms with Gasteiger partial charge >= 0.3 is 5.69 Å². The molecule has 1 N–H and O–H groups in total. The number of sulfone groups is 1. The largest absolute Gasteiger partial charge is 0.361 e. The molecule has 0 saturated carbocycles. The van der Waals surface area contributed by atoms with E-state index in [0.717, 1.165) is 5.56 Å². The van der Waals surface area contributed by atoms with Crippen LogP contribution in [0.1, 0.15) is 32.3 Å². The second-order valence-corrected chi connectivity index (χ2v) is 9.43. The van der Waals surface area contributed by atoms with Crippen LogP contribution in [0.3, 0.4) is 0 Å². The minimum absolute atomic E-state index is 0.0311. The molecule has 1 aromatic carbocycles. The zero-order valence-electron chi connectivity index (χ0n) is 15.7. The van der Waals surface area contributed by atoms with Crippen LogP contribution in [0, 0.1) is 0 Å². The van der Waals surface area contributed by atoms with E-state index in [1.807, 2.05) is 44.2 Å². The van der Waals surface area contributed by atoms with Gasteiger partial charge < -0.3 is 4.74 Å². The molecule has 148 valence electrons. The van der Waals surface area contributed by atoms with E-state index < -0.39 is 21.1 Å². The molecule has 0 aliphatic heterocycles. The number of ether oxygens (including phenoxy) is 1. The van der Waals surface area contributed by atoms with Crippen LogP contribution in [0.5, 0.6) is 0 Å². The number of H-pyrrole nitrogens is 1. The van der Waals surface area contributed by atoms with Gasteiger partial charge in [-0.2, -0.15) is 0 Å². The van der Waals surface area contributed by atoms with Gasteiger partial charge in [0.2, 0.25) is 0 Å². The number of hydrogen-bond acceptors (Lipinski definition) is 5. The number of aromatic amines is 1. The fourth-order valence-electron chi connectivity index (χ4n) is 2.64. The van der Waals surface area contributed by atoms with Crippen LogP contribution < -0.4 is 11.2 Å². The predicted molar refractivity (Wildman–Crippen MR) is 105 cm³/mol. The third kappa shape index (κ3) is 6.80. The van der Waals surface area contributed by atoms with E-state index in [0.29, 0.717) is 12.8 Å². The Balaban J connectivity index is 1.75. The molecule has 7 nitrogen and oxygen atoms in total. The number of nitrogens with zero attached hydrogens (tertiary/aromatic N) is 1. The van der Waals surface area contributed by atoms with E-state index in [4.69, 9.17) is 4.74 Å². The zero-order valence-corrected chi connectivity index (χ0v) is 16.5. The fourth-order valence-corrected chi connectivity index (χ4v) is 4.22. The summed E-state index contributed by atoms with van der Waals surface area (Å²) < 4.78 is 31.1. The van der Waals surface area contributed by atoms with Crippen molar-refractivity contribution >= 4 is 9.84 Å². The van der Waals surface area contributed by atoms with Gasteiger partial charge in [0.15, 0.2) is 0 Å². The van der Waals surface area contributed by atoms with Crippen LogP contribution in [-0.2, 0) is 26.7 Å². The van der Waals surface area contributed by atoms with Crippen molar-refractivity contribution in [3.63, 3.8) is 0 Å². The summed E-state index contributed by atoms with van der Waals surface area (Å²) in [6, 6.07) is 11.1. The molecule has 2 aromatic rings. The van der Waals surface area contributed by atoms with Crippen molar-refractivity contribution in [3.8, 4) is 0 Å². The molecule has 1 heterocycles. The summed E-state index contributed by atoms with van der Waals surface area (Å²) in [4.78, 5) is 24.6. The molecule has 2 rings (SSSR count). The summed E-state index contributed by atoms with van der Waals surface area (Å²) in [5.74, 6) is 0.159. The highest BCUT2D eigenvalue weighted by molar-refractivity contribution is 7.91. The smallest absolute Gasteiger partial charge is 0.330 e. The van der Waals surface area contributed by atoms with Gasteiger partial charge in [0.25, 0.3) is 5.56 Å². The van der Waals surface area contributed by atoms with Crippen LogP contribution in [-0.4, -0.2) is 36.1 Å². The second kappa shape index (κ2) is 9.14. The van der Waals surface area contributed by atoms with Crippen LogP contribution in [0.4, 0.5) is 0 Å². The maximum Gasteiger partial charge on any atom is 0.330 e. The van der Waals surface area contributed by atoms with E-state index in [9.17, 15) is 18.0 Å². The molecule has 0 bridgehead atoms. The third-order valence-electron chi connectivity index (χ3n) is 4.46. The summed E-state index contributed by atoms with van der Waals surface area (Å²) in [7, 11) is -3.18. The van der Waals surface area contributed by atoms with Crippen molar-refractivity contribution in [2.24, 2.45) is 0 Å². The highest BCUT2D eigenvalue weighted by Crippen LogP contribution is 2.27. The lowest BCUT2D eigenvalue weighted by Crippen LogP contribution is -2.29. The molecular weight excluding hydrogens is 368 g/mol. The summed E-state index contributed by atoms with van der Waals surface area (Å²) in [6.45, 7) is 4.27. The van der Waals surface area contributed by atoms with Crippen LogP contribution in [0.2, 0.25) is 0 Å². The van der Waals surface area contributed by atoms with Crippen molar-refractivity contribution in [2.45, 2.75) is 38.8 Å². The number of aromatic nitrogens is 2. The highest BCUT2D eigenvalue weighted by atomic mass is 32.2. The topological polar surface area (TPSA) is 98.2 Å². The Labute approximate surface area is 158 Å². The van der Waals surface area contributed by atoms with Gasteiger partial charge in [-0.25, -0.2) is 13.2 Å². The van der Waals surface area contributed by atoms with E-state index in [1.165, 1.54) is 16.8 Å². The fraction of sp³-hybridized carbons (Fsp3) is 0.474. The highest BCUT2D eigenvalue weighted by Gasteiger charge is 2.23. The summed E-state index contributed by atoms with van der Waals surface area (Å²) in [6.07, 6.45) is 2.24. The maximum absolute atomic E-state index is 12.3. The number of benzene rings is 1. The quantitative estimate of drug-likeness (QED) is 0.618. The van der Waals surface area contributed by atoms with Crippen molar-refractivity contribution in [1.82, 2.24) is 9.55 Å². The molecule has 0 saturated heterocycles. The molecule has 0 radical (unpaired) electrons. The average molecular weight is 394 g/mol. The van der Waals surface area contributed by atoms with Gasteiger partial charge in [-0.3, -0.25) is 14.3 Å². The van der Waals surface area contributed by atoms with Crippen molar-refractivity contribution in [2.75, 3.05) is 18.1 Å². The van der Waals surface area contributed by atoms with Gasteiger partial charge in [0, 0.05) is 18.9 Å². The lowest BCUT2D eigenvalue weighted by Gasteiger charge is -2.25. The van der Waals surface area contributed by atoms with Gasteiger partial charge in [-0.15, -0.1) is 0 Å². The van der Waals surface area contributed by atoms with E-state index in [-0.39, 0.29) is 30.3 Å². The Bertz CT molecular complexity index is 946. The van der Waals surface area contributed by atoms with Crippen LogP contribution in [0.25, 0.3) is 0 Å². The Kier molecular flexibility index (Phi) is 7.15. The first-order valence-electron chi connectivity index (χ1n) is 8.83. The Morgan fingerprint density at radius 2 is 1.78 bits per heavy atom. The molecule has 0 fully saturated rings. The Morgan fingerprint density at radius 3 is 2.44 bits per heavy atom. The molecule has 0 amide bonds. The average Bonchev–Trinajstić information content (AvgIpc) is 2.62. The molecule has 0 spiro atoms. The Hall–Kier alpha value is -2.19. The lowest BCUT2D eigenvalue weighted by molar-refractivity contribution is 0.0745. The molecule has 1 aromatic heterocycles. The zero-order chi connectivity index (χ0) is 19.9. The first-order chi connectivity index (χ1) is 12.7. The normalized spacial score (nSPS) is 12.2. The van der Waals surface area contributed by atoms with Gasteiger partial charge in [-0.1, -0.05) is 44.2 Å². The Morgan fingerprint density at radius 1 is 1.07 bits per heavy atom. The molecule has 0 aliphatic rings. The predicted octanol–water partition coefficient (Wildman–Crippen LogP) is 1.68. The number of rotatable bonds is 10. The summed E-state index contributed by atoms with van der Waals surface area (Å²) in [5, 5.41) is 0.